The predicted octanol–water partition coefficient (Wildman–Crippen LogP) is 3.91. The number of nitrogens with zero attached hydrogens (tertiary/aromatic N) is 3. The van der Waals surface area contributed by atoms with Gasteiger partial charge >= 0.3 is 12.0 Å². The number of carboxylic acid groups (broad SMARTS) is 1. The van der Waals surface area contributed by atoms with Crippen molar-refractivity contribution in [3.63, 3.8) is 0 Å². The van der Waals surface area contributed by atoms with Crippen LogP contribution in [0.15, 0.2) is 83.7 Å². The predicted molar refractivity (Wildman–Crippen MR) is 125 cm³/mol. The van der Waals surface area contributed by atoms with Gasteiger partial charge in [0.05, 0.1) is 36.4 Å². The van der Waals surface area contributed by atoms with Crippen molar-refractivity contribution in [1.82, 2.24) is 9.80 Å². The number of carboxylic acids is 1. The summed E-state index contributed by atoms with van der Waals surface area (Å²) in [6, 6.07) is 17.7. The van der Waals surface area contributed by atoms with Crippen molar-refractivity contribution in [1.29, 1.82) is 0 Å². The first kappa shape index (κ1) is 21.8. The maximum atomic E-state index is 13.9. The van der Waals surface area contributed by atoms with E-state index in [9.17, 15) is 19.5 Å². The zero-order chi connectivity index (χ0) is 23.7. The van der Waals surface area contributed by atoms with Gasteiger partial charge in [-0.25, -0.2) is 9.59 Å². The van der Waals surface area contributed by atoms with Crippen LogP contribution in [0.3, 0.4) is 0 Å². The molecule has 0 spiro atoms. The number of carbonyl (C=O) groups excluding carboxylic acids is 2. The quantitative estimate of drug-likeness (QED) is 0.624. The van der Waals surface area contributed by atoms with Crippen molar-refractivity contribution in [2.75, 3.05) is 11.4 Å². The first-order valence-electron chi connectivity index (χ1n) is 11.3. The number of urea groups is 1. The van der Waals surface area contributed by atoms with Crippen LogP contribution in [0, 0.1) is 0 Å². The van der Waals surface area contributed by atoms with Crippen molar-refractivity contribution in [3.8, 4) is 0 Å². The summed E-state index contributed by atoms with van der Waals surface area (Å²) in [5.41, 5.74) is 2.04. The molecule has 0 saturated carbocycles. The highest BCUT2D eigenvalue weighted by atomic mass is 16.4. The molecule has 2 aliphatic heterocycles. The van der Waals surface area contributed by atoms with Crippen LogP contribution in [0.25, 0.3) is 0 Å². The first-order valence-corrected chi connectivity index (χ1v) is 11.3. The van der Waals surface area contributed by atoms with Crippen molar-refractivity contribution in [2.45, 2.75) is 37.4 Å². The number of hydrogen-bond acceptors (Lipinski definition) is 4. The Kier molecular flexibility index (Phi) is 5.79. The van der Waals surface area contributed by atoms with Crippen LogP contribution in [0.5, 0.6) is 0 Å². The van der Waals surface area contributed by atoms with E-state index in [2.05, 4.69) is 0 Å². The third kappa shape index (κ3) is 3.91. The topological polar surface area (TPSA) is 94.3 Å². The summed E-state index contributed by atoms with van der Waals surface area (Å²) < 4.78 is 5.07. The monoisotopic (exact) mass is 459 g/mol. The average molecular weight is 460 g/mol. The lowest BCUT2D eigenvalue weighted by molar-refractivity contribution is -0.150. The third-order valence-electron chi connectivity index (χ3n) is 6.60. The number of hydrogen-bond donors (Lipinski definition) is 1. The van der Waals surface area contributed by atoms with Crippen LogP contribution in [-0.4, -0.2) is 57.5 Å². The molecule has 174 valence electrons. The summed E-state index contributed by atoms with van der Waals surface area (Å²) >= 11 is 0. The van der Waals surface area contributed by atoms with E-state index >= 15 is 0 Å². The van der Waals surface area contributed by atoms with Crippen LogP contribution in [-0.2, 0) is 16.0 Å². The average Bonchev–Trinajstić information content (AvgIpc) is 3.46. The number of furan rings is 1. The number of rotatable bonds is 5. The fourth-order valence-electron chi connectivity index (χ4n) is 5.14. The lowest BCUT2D eigenvalue weighted by atomic mass is 10.0. The molecule has 34 heavy (non-hydrogen) atoms. The SMILES string of the molecule is O=C(O)[C@@H]1[C@H]2CC[C@@H](CN1C(=O)N(c1ccccc1)c1ccccc1)N2C(=O)Cc1ccoc1. The second-order valence-electron chi connectivity index (χ2n) is 8.63. The Balaban J connectivity index is 1.47. The Morgan fingerprint density at radius 3 is 2.15 bits per heavy atom. The highest BCUT2D eigenvalue weighted by Gasteiger charge is 2.53. The minimum atomic E-state index is -1.13. The van der Waals surface area contributed by atoms with Gasteiger partial charge in [-0.2, -0.15) is 0 Å². The molecule has 0 radical (unpaired) electrons. The van der Waals surface area contributed by atoms with Crippen LogP contribution in [0.4, 0.5) is 16.2 Å². The van der Waals surface area contributed by atoms with E-state index < -0.39 is 24.1 Å². The van der Waals surface area contributed by atoms with Gasteiger partial charge in [-0.3, -0.25) is 9.69 Å². The number of likely N-dealkylation sites (tertiary alicyclic amines) is 1. The van der Waals surface area contributed by atoms with Crippen molar-refractivity contribution in [2.24, 2.45) is 0 Å². The second kappa shape index (κ2) is 9.05. The number of benzene rings is 2. The number of aliphatic carboxylic acids is 1. The summed E-state index contributed by atoms with van der Waals surface area (Å²) in [6.45, 7) is 0.166. The minimum Gasteiger partial charge on any atom is -0.480 e. The van der Waals surface area contributed by atoms with Crippen LogP contribution in [0.1, 0.15) is 18.4 Å². The number of carbonyl (C=O) groups is 3. The van der Waals surface area contributed by atoms with E-state index in [-0.39, 0.29) is 24.9 Å². The number of anilines is 2. The highest BCUT2D eigenvalue weighted by molar-refractivity contribution is 6.01. The summed E-state index contributed by atoms with van der Waals surface area (Å²) in [7, 11) is 0. The molecule has 1 N–H and O–H groups in total. The van der Waals surface area contributed by atoms with Gasteiger partial charge in [-0.05, 0) is 48.7 Å². The number of piperazine rings is 1. The fourth-order valence-corrected chi connectivity index (χ4v) is 5.14. The molecule has 0 aliphatic carbocycles. The van der Waals surface area contributed by atoms with Gasteiger partial charge in [0.1, 0.15) is 0 Å². The second-order valence-corrected chi connectivity index (χ2v) is 8.63. The van der Waals surface area contributed by atoms with Crippen LogP contribution in [0.2, 0.25) is 0 Å². The van der Waals surface area contributed by atoms with Crippen molar-refractivity contribution < 1.29 is 23.9 Å². The summed E-state index contributed by atoms with van der Waals surface area (Å²) in [5.74, 6) is -1.25. The number of amides is 3. The third-order valence-corrected chi connectivity index (χ3v) is 6.60. The molecule has 8 nitrogen and oxygen atoms in total. The van der Waals surface area contributed by atoms with Gasteiger partial charge in [-0.1, -0.05) is 36.4 Å². The molecular weight excluding hydrogens is 434 g/mol. The van der Waals surface area contributed by atoms with E-state index in [0.29, 0.717) is 24.2 Å². The van der Waals surface area contributed by atoms with Gasteiger partial charge in [-0.15, -0.1) is 0 Å². The zero-order valence-corrected chi connectivity index (χ0v) is 18.5. The van der Waals surface area contributed by atoms with E-state index in [1.165, 1.54) is 17.4 Å². The van der Waals surface area contributed by atoms with Crippen LogP contribution >= 0.6 is 0 Å². The normalized spacial score (nSPS) is 21.4. The molecule has 0 unspecified atom stereocenters. The van der Waals surface area contributed by atoms with E-state index in [1.807, 2.05) is 60.7 Å². The maximum absolute atomic E-state index is 13.9. The molecule has 3 aromatic rings. The van der Waals surface area contributed by atoms with Crippen molar-refractivity contribution in [3.05, 3.63) is 84.8 Å². The van der Waals surface area contributed by atoms with Crippen LogP contribution < -0.4 is 4.90 Å². The van der Waals surface area contributed by atoms with Gasteiger partial charge in [0.25, 0.3) is 0 Å². The van der Waals surface area contributed by atoms with Crippen molar-refractivity contribution >= 4 is 29.3 Å². The molecular formula is C26H25N3O5. The molecule has 1 aromatic heterocycles. The molecule has 3 heterocycles. The maximum Gasteiger partial charge on any atom is 0.329 e. The number of fused-ring (bicyclic) bond motifs is 2. The van der Waals surface area contributed by atoms with E-state index in [0.717, 1.165) is 5.56 Å². The molecule has 2 aromatic carbocycles. The van der Waals surface area contributed by atoms with E-state index in [4.69, 9.17) is 4.42 Å². The molecule has 2 bridgehead atoms. The number of para-hydroxylation sites is 2. The Morgan fingerprint density at radius 2 is 1.59 bits per heavy atom. The molecule has 5 rings (SSSR count). The van der Waals surface area contributed by atoms with Gasteiger partial charge < -0.3 is 19.3 Å². The highest BCUT2D eigenvalue weighted by Crippen LogP contribution is 2.37. The smallest absolute Gasteiger partial charge is 0.329 e. The Bertz CT molecular complexity index is 1130. The Morgan fingerprint density at radius 1 is 0.941 bits per heavy atom. The van der Waals surface area contributed by atoms with Gasteiger partial charge in [0.2, 0.25) is 5.91 Å². The Labute approximate surface area is 197 Å². The standard InChI is InChI=1S/C26H25N3O5/c30-23(15-18-13-14-34-17-18)29-21-11-12-22(29)24(25(31)32)27(16-21)26(33)28(19-7-3-1-4-8-19)20-9-5-2-6-10-20/h1-10,13-14,17,21-22,24H,11-12,15-16H2,(H,31,32)/t21-,22+,24-/m0/s1. The lowest BCUT2D eigenvalue weighted by Crippen LogP contribution is -2.66. The molecule has 2 aliphatic rings. The summed E-state index contributed by atoms with van der Waals surface area (Å²) in [6.07, 6.45) is 4.37. The van der Waals surface area contributed by atoms with E-state index in [1.54, 1.807) is 15.9 Å². The first-order chi connectivity index (χ1) is 16.5. The fraction of sp³-hybridized carbons (Fsp3) is 0.269. The molecule has 2 saturated heterocycles. The molecule has 2 fully saturated rings. The molecule has 8 heteroatoms. The molecule has 3 amide bonds. The molecule has 3 atom stereocenters. The van der Waals surface area contributed by atoms with Gasteiger partial charge in [0.15, 0.2) is 6.04 Å². The lowest BCUT2D eigenvalue weighted by Gasteiger charge is -2.46. The summed E-state index contributed by atoms with van der Waals surface area (Å²) in [4.78, 5) is 44.2. The zero-order valence-electron chi connectivity index (χ0n) is 18.5. The Hall–Kier alpha value is -4.07. The summed E-state index contributed by atoms with van der Waals surface area (Å²) in [5, 5.41) is 10.2. The minimum absolute atomic E-state index is 0.143. The largest absolute Gasteiger partial charge is 0.480 e. The van der Waals surface area contributed by atoms with Gasteiger partial charge in [0, 0.05) is 12.6 Å².